The number of carbonyl (C=O) groups is 4. The Bertz CT molecular complexity index is 2130. The summed E-state index contributed by atoms with van der Waals surface area (Å²) in [5.74, 6) is 0.845. The fraction of sp³-hybridized carbons (Fsp3) is 0.740. The number of nitrogens with zero attached hydrogens (tertiary/aromatic N) is 3. The molecule has 4 saturated carbocycles. The lowest BCUT2D eigenvalue weighted by molar-refractivity contribution is -0.167. The number of hydrogen-bond acceptors (Lipinski definition) is 14. The van der Waals surface area contributed by atoms with Crippen LogP contribution in [0.25, 0.3) is 21.4 Å². The molecule has 1 amide bonds. The number of hydrogen-bond donors (Lipinski definition) is 2. The summed E-state index contributed by atoms with van der Waals surface area (Å²) in [5.41, 5.74) is 8.54. The van der Waals surface area contributed by atoms with Crippen LogP contribution in [-0.2, 0) is 54.0 Å². The summed E-state index contributed by atoms with van der Waals surface area (Å²) in [7, 11) is 1.49. The van der Waals surface area contributed by atoms with Crippen LogP contribution in [0.2, 0.25) is 0 Å². The Hall–Kier alpha value is -4.74. The van der Waals surface area contributed by atoms with E-state index in [2.05, 4.69) is 36.1 Å². The molecule has 0 saturated heterocycles. The van der Waals surface area contributed by atoms with Crippen LogP contribution >= 0.6 is 0 Å². The molecule has 2 N–H and O–H groups in total. The summed E-state index contributed by atoms with van der Waals surface area (Å²) in [4.78, 5) is 66.4. The van der Waals surface area contributed by atoms with Crippen LogP contribution in [-0.4, -0.2) is 114 Å². The Morgan fingerprint density at radius 2 is 1.56 bits per heavy atom. The summed E-state index contributed by atoms with van der Waals surface area (Å²) in [6.45, 7) is 11.0. The molecule has 0 unspecified atom stereocenters. The maximum atomic E-state index is 13.6. The van der Waals surface area contributed by atoms with E-state index in [1.165, 1.54) is 26.0 Å². The number of fused-ring (bicyclic) bond motifs is 6. The minimum Gasteiger partial charge on any atom is -0.497 e. The largest absolute Gasteiger partial charge is 0.497 e. The third kappa shape index (κ3) is 13.7. The van der Waals surface area contributed by atoms with Gasteiger partial charge in [-0.1, -0.05) is 25.9 Å². The van der Waals surface area contributed by atoms with Crippen LogP contribution in [0.3, 0.4) is 0 Å². The monoisotopic (exact) mass is 953 g/mol. The highest BCUT2D eigenvalue weighted by atomic mass is 16.6. The number of carboxylic acid groups (broad SMARTS) is 1. The predicted octanol–water partition coefficient (Wildman–Crippen LogP) is 7.21. The fourth-order valence-electron chi connectivity index (χ4n) is 12.6. The quantitative estimate of drug-likeness (QED) is 0.0225. The van der Waals surface area contributed by atoms with Crippen molar-refractivity contribution in [2.24, 2.45) is 51.5 Å². The molecule has 4 aliphatic carbocycles. The second-order valence-corrected chi connectivity index (χ2v) is 19.7. The van der Waals surface area contributed by atoms with Crippen LogP contribution in [0.5, 0.6) is 5.75 Å². The van der Waals surface area contributed by atoms with Crippen LogP contribution in [0.4, 0.5) is 0 Å². The molecule has 18 nitrogen and oxygen atoms in total. The normalized spacial score (nSPS) is 27.1. The van der Waals surface area contributed by atoms with Crippen molar-refractivity contribution in [3.63, 3.8) is 0 Å². The molecule has 10 atom stereocenters. The third-order valence-corrected chi connectivity index (χ3v) is 15.9. The first-order chi connectivity index (χ1) is 32.7. The Kier molecular flexibility index (Phi) is 19.5. The van der Waals surface area contributed by atoms with Crippen molar-refractivity contribution in [2.45, 2.75) is 116 Å². The van der Waals surface area contributed by atoms with Crippen molar-refractivity contribution >= 4 is 34.8 Å². The van der Waals surface area contributed by atoms with E-state index in [0.29, 0.717) is 131 Å². The molecule has 0 aliphatic heterocycles. The van der Waals surface area contributed by atoms with Gasteiger partial charge in [0.15, 0.2) is 0 Å². The van der Waals surface area contributed by atoms with E-state index in [1.54, 1.807) is 18.2 Å². The van der Waals surface area contributed by atoms with Gasteiger partial charge in [-0.05, 0) is 134 Å². The molecule has 376 valence electrons. The van der Waals surface area contributed by atoms with E-state index in [9.17, 15) is 29.1 Å². The maximum absolute atomic E-state index is 13.6. The van der Waals surface area contributed by atoms with Gasteiger partial charge >= 0.3 is 23.5 Å². The van der Waals surface area contributed by atoms with Gasteiger partial charge < -0.3 is 48.0 Å². The second-order valence-electron chi connectivity index (χ2n) is 19.7. The first kappa shape index (κ1) is 52.6. The summed E-state index contributed by atoms with van der Waals surface area (Å²) in [5, 5.41) is 16.2. The average Bonchev–Trinajstić information content (AvgIpc) is 3.67. The molecule has 1 aromatic carbocycles. The van der Waals surface area contributed by atoms with Gasteiger partial charge in [0.1, 0.15) is 30.1 Å². The highest BCUT2D eigenvalue weighted by Crippen LogP contribution is 2.68. The summed E-state index contributed by atoms with van der Waals surface area (Å²) < 4.78 is 43.8. The number of ether oxygens (including phenoxy) is 7. The van der Waals surface area contributed by atoms with Gasteiger partial charge in [-0.3, -0.25) is 14.4 Å². The van der Waals surface area contributed by atoms with Crippen molar-refractivity contribution in [3.8, 4) is 5.75 Å². The van der Waals surface area contributed by atoms with Crippen LogP contribution in [0.1, 0.15) is 103 Å². The highest BCUT2D eigenvalue weighted by Gasteiger charge is 2.61. The molecule has 0 spiro atoms. The van der Waals surface area contributed by atoms with Gasteiger partial charge in [0.25, 0.3) is 0 Å². The number of methoxy groups -OCH3 is 1. The molecule has 4 aliphatic rings. The summed E-state index contributed by atoms with van der Waals surface area (Å²) in [6, 6.07) is 4.74. The van der Waals surface area contributed by atoms with Crippen LogP contribution < -0.4 is 15.7 Å². The predicted molar refractivity (Wildman–Crippen MR) is 249 cm³/mol. The Morgan fingerprint density at radius 3 is 2.25 bits per heavy atom. The van der Waals surface area contributed by atoms with E-state index in [1.807, 2.05) is 0 Å². The number of nitrogens with one attached hydrogen (secondary N) is 1. The third-order valence-electron chi connectivity index (χ3n) is 15.9. The Balaban J connectivity index is 0.899. The van der Waals surface area contributed by atoms with Gasteiger partial charge in [0.2, 0.25) is 5.91 Å². The minimum absolute atomic E-state index is 0.115. The number of carbonyl (C=O) groups excluding carboxylic acids is 3. The van der Waals surface area contributed by atoms with E-state index >= 15 is 0 Å². The van der Waals surface area contributed by atoms with Gasteiger partial charge in [0.05, 0.1) is 72.8 Å². The van der Waals surface area contributed by atoms with Crippen molar-refractivity contribution in [2.75, 3.05) is 73.1 Å². The number of rotatable bonds is 27. The van der Waals surface area contributed by atoms with E-state index < -0.39 is 35.9 Å². The number of aliphatic carboxylic acids is 1. The standard InChI is InChI=1S/C50H72N4O14/c1-32(5-12-46(58)66-26-25-65-24-23-64-22-21-63-20-19-62-18-17-52-54-51)39-10-11-40-38-8-6-34-29-36(13-15-49(34,2)41(38)14-16-50(39,40)3)67-48(60)42(31-45(56)57)53-44(55)27-33-28-47(59)68-43-30-35(61-4)7-9-37(33)43/h7,9,28,30,32,34,36,38-42H,5-6,8,10-27,29,31H2,1-4H3,(H,53,55)(H,56,57)/t32-,34-,36-,38+,39-,40+,41+,42+,49+,50-/m1/s1. The van der Waals surface area contributed by atoms with Gasteiger partial charge in [0, 0.05) is 35.4 Å². The topological polar surface area (TPSA) is 244 Å². The minimum atomic E-state index is -1.38. The molecule has 68 heavy (non-hydrogen) atoms. The molecule has 0 radical (unpaired) electrons. The molecule has 1 heterocycles. The SMILES string of the molecule is COc1ccc2c(CC(=O)N[C@@H](CC(=O)O)C(=O)O[C@@H]3CC[C@@]4(C)[C@H](CC[C@@H]5[C@@H]4CC[C@]4(C)[C@@H]([C@H](C)CCC(=O)OCCOCCOCCOCCOCCN=[N+]=[N-])CC[C@@H]54)C3)cc(=O)oc2c1. The van der Waals surface area contributed by atoms with E-state index in [0.717, 1.165) is 38.5 Å². The number of azide groups is 1. The number of carboxylic acids is 1. The lowest BCUT2D eigenvalue weighted by Crippen LogP contribution is -2.54. The second kappa shape index (κ2) is 25.2. The molecular weight excluding hydrogens is 881 g/mol. The van der Waals surface area contributed by atoms with Crippen LogP contribution in [0, 0.1) is 46.3 Å². The van der Waals surface area contributed by atoms with Crippen molar-refractivity contribution in [1.29, 1.82) is 0 Å². The van der Waals surface area contributed by atoms with E-state index in [-0.39, 0.29) is 41.5 Å². The maximum Gasteiger partial charge on any atom is 0.336 e. The van der Waals surface area contributed by atoms with Crippen LogP contribution in [0.15, 0.2) is 38.6 Å². The molecule has 0 bridgehead atoms. The zero-order valence-electron chi connectivity index (χ0n) is 40.3. The molecule has 4 fully saturated rings. The smallest absolute Gasteiger partial charge is 0.336 e. The first-order valence-electron chi connectivity index (χ1n) is 24.6. The number of esters is 2. The lowest BCUT2D eigenvalue weighted by atomic mass is 9.44. The van der Waals surface area contributed by atoms with Crippen molar-refractivity contribution in [1.82, 2.24) is 5.32 Å². The summed E-state index contributed by atoms with van der Waals surface area (Å²) in [6.07, 6.45) is 9.14. The highest BCUT2D eigenvalue weighted by molar-refractivity contribution is 5.91. The molecule has 2 aromatic rings. The lowest BCUT2D eigenvalue weighted by Gasteiger charge is -2.61. The zero-order chi connectivity index (χ0) is 48.7. The Morgan fingerprint density at radius 1 is 0.882 bits per heavy atom. The van der Waals surface area contributed by atoms with E-state index in [4.69, 9.17) is 43.1 Å². The number of benzene rings is 1. The Labute approximate surface area is 398 Å². The average molecular weight is 953 g/mol. The zero-order valence-corrected chi connectivity index (χ0v) is 40.3. The summed E-state index contributed by atoms with van der Waals surface area (Å²) >= 11 is 0. The molecule has 18 heteroatoms. The van der Waals surface area contributed by atoms with Crippen molar-refractivity contribution < 1.29 is 61.9 Å². The fourth-order valence-corrected chi connectivity index (χ4v) is 12.6. The molecule has 6 rings (SSSR count). The van der Waals surface area contributed by atoms with Crippen molar-refractivity contribution in [3.05, 3.63) is 50.7 Å². The van der Waals surface area contributed by atoms with Gasteiger partial charge in [-0.2, -0.15) is 0 Å². The molecule has 1 aromatic heterocycles. The molecular formula is C50H72N4O14. The van der Waals surface area contributed by atoms with Gasteiger partial charge in [-0.15, -0.1) is 0 Å². The number of amides is 1. The van der Waals surface area contributed by atoms with Gasteiger partial charge in [-0.25, -0.2) is 9.59 Å². The first-order valence-corrected chi connectivity index (χ1v) is 24.6.